The molecule has 0 aliphatic rings. The highest BCUT2D eigenvalue weighted by Crippen LogP contribution is 2.36. The summed E-state index contributed by atoms with van der Waals surface area (Å²) in [5.74, 6) is -0.910. The third-order valence-corrected chi connectivity index (χ3v) is 8.82. The van der Waals surface area contributed by atoms with Gasteiger partial charge in [-0.15, -0.1) is 0 Å². The summed E-state index contributed by atoms with van der Waals surface area (Å²) >= 11 is 0. The van der Waals surface area contributed by atoms with Gasteiger partial charge in [0.25, 0.3) is 0 Å². The summed E-state index contributed by atoms with van der Waals surface area (Å²) in [5.41, 5.74) is 0. The molecule has 9 heteroatoms. The number of phosphoric ester groups is 1. The predicted octanol–water partition coefficient (Wildman–Crippen LogP) is 12.0. The number of unbranched alkanes of at least 4 members (excludes halogenated alkanes) is 18. The lowest BCUT2D eigenvalue weighted by Gasteiger charge is -2.18. The van der Waals surface area contributed by atoms with E-state index in [1.807, 2.05) is 0 Å². The summed E-state index contributed by atoms with van der Waals surface area (Å²) in [7, 11) is -4.76. The maximum absolute atomic E-state index is 12.4. The number of allylic oxidation sites excluding steroid dienone is 8. The monoisotopic (exact) mass is 725 g/mol. The Bertz CT molecular complexity index is 952. The lowest BCUT2D eigenvalue weighted by molar-refractivity contribution is -0.161. The van der Waals surface area contributed by atoms with Crippen molar-refractivity contribution in [1.82, 2.24) is 0 Å². The number of ether oxygens (including phenoxy) is 2. The zero-order valence-electron chi connectivity index (χ0n) is 31.8. The molecule has 0 fully saturated rings. The predicted molar refractivity (Wildman–Crippen MR) is 207 cm³/mol. The highest BCUT2D eigenvalue weighted by molar-refractivity contribution is 7.46. The fourth-order valence-corrected chi connectivity index (χ4v) is 5.74. The number of phosphoric acid groups is 1. The van der Waals surface area contributed by atoms with E-state index in [1.165, 1.54) is 64.2 Å². The van der Waals surface area contributed by atoms with Crippen molar-refractivity contribution in [2.45, 2.75) is 187 Å². The van der Waals surface area contributed by atoms with Gasteiger partial charge in [0.1, 0.15) is 6.61 Å². The van der Waals surface area contributed by atoms with Crippen LogP contribution in [0.2, 0.25) is 0 Å². The van der Waals surface area contributed by atoms with Crippen molar-refractivity contribution in [3.63, 3.8) is 0 Å². The van der Waals surface area contributed by atoms with E-state index in [0.29, 0.717) is 12.8 Å². The molecule has 0 aromatic heterocycles. The molecule has 0 aromatic rings. The SMILES string of the molecule is CC/C=C\C/C=C\C/C=C\CCCCCCCC(=O)OC[C@H](COP(=O)(O)O)OC(=O)CCCCCCCCC/C=C\CCCCCCCC. The van der Waals surface area contributed by atoms with Gasteiger partial charge in [-0.05, 0) is 70.6 Å². The molecule has 0 unspecified atom stereocenters. The Morgan fingerprint density at radius 2 is 0.960 bits per heavy atom. The van der Waals surface area contributed by atoms with Crippen molar-refractivity contribution in [2.24, 2.45) is 0 Å². The Morgan fingerprint density at radius 3 is 1.46 bits per heavy atom. The second kappa shape index (κ2) is 36.8. The van der Waals surface area contributed by atoms with Crippen LogP contribution in [0.5, 0.6) is 0 Å². The van der Waals surface area contributed by atoms with Crippen LogP contribution in [0, 0.1) is 0 Å². The van der Waals surface area contributed by atoms with E-state index in [2.05, 4.69) is 67.0 Å². The van der Waals surface area contributed by atoms with Crippen LogP contribution in [0.15, 0.2) is 48.6 Å². The van der Waals surface area contributed by atoms with E-state index >= 15 is 0 Å². The lowest BCUT2D eigenvalue weighted by Crippen LogP contribution is -2.29. The van der Waals surface area contributed by atoms with Crippen LogP contribution in [0.4, 0.5) is 0 Å². The molecule has 0 aliphatic carbocycles. The van der Waals surface area contributed by atoms with E-state index < -0.39 is 32.5 Å². The van der Waals surface area contributed by atoms with Gasteiger partial charge in [0, 0.05) is 12.8 Å². The van der Waals surface area contributed by atoms with Gasteiger partial charge in [-0.3, -0.25) is 14.1 Å². The summed E-state index contributed by atoms with van der Waals surface area (Å²) in [6, 6.07) is 0. The largest absolute Gasteiger partial charge is 0.469 e. The minimum atomic E-state index is -4.76. The highest BCUT2D eigenvalue weighted by atomic mass is 31.2. The number of rotatable bonds is 36. The Hall–Kier alpha value is -1.99. The normalized spacial score (nSPS) is 13.0. The van der Waals surface area contributed by atoms with Crippen LogP contribution in [0.25, 0.3) is 0 Å². The van der Waals surface area contributed by atoms with Crippen molar-refractivity contribution in [3.05, 3.63) is 48.6 Å². The molecule has 0 bridgehead atoms. The Labute approximate surface area is 305 Å². The second-order valence-electron chi connectivity index (χ2n) is 13.2. The standard InChI is InChI=1S/C41H73O8P/c1-3-5-7-9-11-13-15-17-19-20-22-24-26-28-30-32-34-36-41(43)49-39(38-48-50(44,45)46)37-47-40(42)35-33-31-29-27-25-23-21-18-16-14-12-10-8-6-4-2/h6,8,12,14,17-19,21,39H,3-5,7,9-11,13,15-16,20,22-38H2,1-2H3,(H2,44,45,46)/b8-6-,14-12-,19-17-,21-18-/t39-/m1/s1. The van der Waals surface area contributed by atoms with E-state index in [9.17, 15) is 14.2 Å². The average molecular weight is 725 g/mol. The van der Waals surface area contributed by atoms with Gasteiger partial charge in [-0.1, -0.05) is 146 Å². The molecule has 0 amide bonds. The fraction of sp³-hybridized carbons (Fsp3) is 0.756. The van der Waals surface area contributed by atoms with Crippen LogP contribution >= 0.6 is 7.82 Å². The minimum absolute atomic E-state index is 0.202. The molecule has 0 saturated heterocycles. The summed E-state index contributed by atoms with van der Waals surface area (Å²) in [5, 5.41) is 0. The van der Waals surface area contributed by atoms with Crippen LogP contribution in [0.1, 0.15) is 181 Å². The lowest BCUT2D eigenvalue weighted by atomic mass is 10.1. The minimum Gasteiger partial charge on any atom is -0.462 e. The Balaban J connectivity index is 3.97. The third kappa shape index (κ3) is 38.8. The van der Waals surface area contributed by atoms with E-state index in [-0.39, 0.29) is 19.4 Å². The number of carbonyl (C=O) groups is 2. The van der Waals surface area contributed by atoms with Gasteiger partial charge < -0.3 is 19.3 Å². The van der Waals surface area contributed by atoms with Crippen molar-refractivity contribution in [1.29, 1.82) is 0 Å². The maximum Gasteiger partial charge on any atom is 0.469 e. The number of carbonyl (C=O) groups excluding carboxylic acids is 2. The molecule has 0 rings (SSSR count). The van der Waals surface area contributed by atoms with Gasteiger partial charge in [0.15, 0.2) is 6.10 Å². The number of hydrogen-bond donors (Lipinski definition) is 2. The van der Waals surface area contributed by atoms with Gasteiger partial charge in [0.05, 0.1) is 6.61 Å². The smallest absolute Gasteiger partial charge is 0.462 e. The highest BCUT2D eigenvalue weighted by Gasteiger charge is 2.22. The molecule has 0 heterocycles. The first-order valence-corrected chi connectivity index (χ1v) is 21.5. The Morgan fingerprint density at radius 1 is 0.540 bits per heavy atom. The molecule has 0 aliphatic heterocycles. The first kappa shape index (κ1) is 48.0. The van der Waals surface area contributed by atoms with E-state index in [0.717, 1.165) is 77.0 Å². The molecule has 2 N–H and O–H groups in total. The van der Waals surface area contributed by atoms with E-state index in [1.54, 1.807) is 0 Å². The molecule has 290 valence electrons. The van der Waals surface area contributed by atoms with Crippen LogP contribution in [-0.2, 0) is 28.2 Å². The zero-order chi connectivity index (χ0) is 36.8. The molecule has 0 radical (unpaired) electrons. The summed E-state index contributed by atoms with van der Waals surface area (Å²) < 4.78 is 26.3. The molecule has 0 spiro atoms. The van der Waals surface area contributed by atoms with Crippen molar-refractivity contribution in [3.8, 4) is 0 Å². The van der Waals surface area contributed by atoms with Crippen molar-refractivity contribution >= 4 is 19.8 Å². The topological polar surface area (TPSA) is 119 Å². The Kier molecular flexibility index (Phi) is 35.3. The molecule has 0 saturated carbocycles. The zero-order valence-corrected chi connectivity index (χ0v) is 32.7. The van der Waals surface area contributed by atoms with Crippen LogP contribution in [-0.4, -0.2) is 41.0 Å². The molecule has 50 heavy (non-hydrogen) atoms. The van der Waals surface area contributed by atoms with Crippen molar-refractivity contribution in [2.75, 3.05) is 13.2 Å². The molecule has 0 aromatic carbocycles. The average Bonchev–Trinajstić information content (AvgIpc) is 3.08. The third-order valence-electron chi connectivity index (χ3n) is 8.33. The van der Waals surface area contributed by atoms with Crippen LogP contribution < -0.4 is 0 Å². The second-order valence-corrected chi connectivity index (χ2v) is 14.5. The number of hydrogen-bond acceptors (Lipinski definition) is 6. The van der Waals surface area contributed by atoms with Crippen molar-refractivity contribution < 1.29 is 37.9 Å². The van der Waals surface area contributed by atoms with Crippen LogP contribution in [0.3, 0.4) is 0 Å². The summed E-state index contributed by atoms with van der Waals surface area (Å²) in [6.07, 6.45) is 44.0. The summed E-state index contributed by atoms with van der Waals surface area (Å²) in [4.78, 5) is 42.8. The molecule has 1 atom stereocenters. The molecular formula is C41H73O8P. The fourth-order valence-electron chi connectivity index (χ4n) is 5.38. The van der Waals surface area contributed by atoms with Gasteiger partial charge in [-0.2, -0.15) is 0 Å². The quantitative estimate of drug-likeness (QED) is 0.0284. The number of esters is 2. The van der Waals surface area contributed by atoms with Gasteiger partial charge in [0.2, 0.25) is 0 Å². The molecule has 8 nitrogen and oxygen atoms in total. The molecular weight excluding hydrogens is 651 g/mol. The van der Waals surface area contributed by atoms with Gasteiger partial charge in [-0.25, -0.2) is 4.57 Å². The first-order chi connectivity index (χ1) is 24.3. The van der Waals surface area contributed by atoms with E-state index in [4.69, 9.17) is 19.3 Å². The maximum atomic E-state index is 12.4. The first-order valence-electron chi connectivity index (χ1n) is 19.9. The summed E-state index contributed by atoms with van der Waals surface area (Å²) in [6.45, 7) is 3.55. The van der Waals surface area contributed by atoms with Gasteiger partial charge >= 0.3 is 19.8 Å².